The summed E-state index contributed by atoms with van der Waals surface area (Å²) in [5, 5.41) is 0. The molecule has 0 saturated heterocycles. The van der Waals surface area contributed by atoms with Crippen LogP contribution in [0.1, 0.15) is 39.1 Å². The van der Waals surface area contributed by atoms with Gasteiger partial charge in [0, 0.05) is 23.4 Å². The van der Waals surface area contributed by atoms with Crippen LogP contribution in [0.3, 0.4) is 0 Å². The summed E-state index contributed by atoms with van der Waals surface area (Å²) in [5.74, 6) is -0.653. The second kappa shape index (κ2) is 10.4. The van der Waals surface area contributed by atoms with Crippen molar-refractivity contribution in [3.8, 4) is 11.3 Å². The lowest BCUT2D eigenvalue weighted by atomic mass is 9.97. The fraction of sp³-hybridized carbons (Fsp3) is 0.192. The minimum atomic E-state index is -0.537. The summed E-state index contributed by atoms with van der Waals surface area (Å²) in [7, 11) is 1.29. The Labute approximate surface area is 195 Å². The number of H-pyrrole nitrogens is 1. The fourth-order valence-corrected chi connectivity index (χ4v) is 3.64. The maximum atomic E-state index is 13.4. The van der Waals surface area contributed by atoms with Crippen molar-refractivity contribution in [3.63, 3.8) is 0 Å². The van der Waals surface area contributed by atoms with Crippen LogP contribution in [-0.2, 0) is 16.1 Å². The molecule has 0 aliphatic carbocycles. The summed E-state index contributed by atoms with van der Waals surface area (Å²) in [6.45, 7) is 2.32. The highest BCUT2D eigenvalue weighted by atomic mass is 19.1. The first kappa shape index (κ1) is 23.3. The highest BCUT2D eigenvalue weighted by Gasteiger charge is 2.19. The van der Waals surface area contributed by atoms with Crippen molar-refractivity contribution in [2.24, 2.45) is 0 Å². The average molecular weight is 463 g/mol. The van der Waals surface area contributed by atoms with E-state index in [9.17, 15) is 13.6 Å². The van der Waals surface area contributed by atoms with E-state index in [1.165, 1.54) is 31.4 Å². The molecule has 6 nitrogen and oxygen atoms in total. The Balaban J connectivity index is 1.55. The van der Waals surface area contributed by atoms with E-state index in [0.29, 0.717) is 23.6 Å². The summed E-state index contributed by atoms with van der Waals surface area (Å²) in [6, 6.07) is 15.3. The molecule has 1 N–H and O–H groups in total. The van der Waals surface area contributed by atoms with Gasteiger partial charge in [-0.25, -0.2) is 23.5 Å². The third-order valence-electron chi connectivity index (χ3n) is 5.38. The molecular formula is C26H23F2N3O3. The molecule has 0 saturated carbocycles. The Morgan fingerprint density at radius 1 is 1.00 bits per heavy atom. The second-order valence-electron chi connectivity index (χ2n) is 7.74. The van der Waals surface area contributed by atoms with Crippen molar-refractivity contribution < 1.29 is 23.0 Å². The van der Waals surface area contributed by atoms with Gasteiger partial charge < -0.3 is 14.5 Å². The second-order valence-corrected chi connectivity index (χ2v) is 7.74. The quantitative estimate of drug-likeness (QED) is 0.364. The number of hydrogen-bond donors (Lipinski definition) is 1. The number of nitrogens with zero attached hydrogens (tertiary/aromatic N) is 2. The minimum absolute atomic E-state index is 0.167. The molecule has 2 aromatic carbocycles. The van der Waals surface area contributed by atoms with E-state index in [-0.39, 0.29) is 29.7 Å². The van der Waals surface area contributed by atoms with Crippen LogP contribution in [0.15, 0.2) is 66.9 Å². The summed E-state index contributed by atoms with van der Waals surface area (Å²) < 4.78 is 37.7. The Bertz CT molecular complexity index is 1270. The fourth-order valence-electron chi connectivity index (χ4n) is 3.64. The van der Waals surface area contributed by atoms with Crippen molar-refractivity contribution >= 4 is 5.97 Å². The van der Waals surface area contributed by atoms with E-state index in [2.05, 4.69) is 15.0 Å². The molecule has 0 amide bonds. The lowest BCUT2D eigenvalue weighted by Gasteiger charge is -2.17. The zero-order valence-electron chi connectivity index (χ0n) is 18.7. The van der Waals surface area contributed by atoms with E-state index < -0.39 is 5.97 Å². The summed E-state index contributed by atoms with van der Waals surface area (Å²) in [5.41, 5.74) is 3.56. The molecule has 0 fully saturated rings. The number of halogens is 2. The van der Waals surface area contributed by atoms with E-state index in [1.54, 1.807) is 42.6 Å². The number of methoxy groups -OCH3 is 1. The minimum Gasteiger partial charge on any atom is -0.465 e. The number of ether oxygens (including phenoxy) is 2. The molecule has 1 atom stereocenters. The molecule has 4 aromatic rings. The molecule has 0 bridgehead atoms. The lowest BCUT2D eigenvalue weighted by molar-refractivity contribution is 0.0601. The van der Waals surface area contributed by atoms with Crippen LogP contribution in [0.4, 0.5) is 8.78 Å². The van der Waals surface area contributed by atoms with Gasteiger partial charge in [0.05, 0.1) is 37.3 Å². The Morgan fingerprint density at radius 2 is 1.68 bits per heavy atom. The van der Waals surface area contributed by atoms with Gasteiger partial charge in [0.1, 0.15) is 17.5 Å². The molecule has 0 aliphatic rings. The monoisotopic (exact) mass is 463 g/mol. The molecule has 0 spiro atoms. The van der Waals surface area contributed by atoms with E-state index in [0.717, 1.165) is 17.1 Å². The summed E-state index contributed by atoms with van der Waals surface area (Å²) >= 11 is 0. The predicted molar refractivity (Wildman–Crippen MR) is 122 cm³/mol. The first-order valence-electron chi connectivity index (χ1n) is 10.6. The van der Waals surface area contributed by atoms with Crippen LogP contribution in [0.2, 0.25) is 0 Å². The number of aromatic amines is 1. The Hall–Kier alpha value is -3.91. The Morgan fingerprint density at radius 3 is 2.29 bits per heavy atom. The van der Waals surface area contributed by atoms with Gasteiger partial charge in [-0.3, -0.25) is 0 Å². The third-order valence-corrected chi connectivity index (χ3v) is 5.38. The van der Waals surface area contributed by atoms with Crippen LogP contribution in [0.25, 0.3) is 11.3 Å². The standard InChI is InChI=1S/C26H23F2N3O3/c1-16-29-13-24(30-16)23(17-3-7-19(27)8-4-17)15-34-14-21-11-12-22(26(32)33-2)25(31-21)18-5-9-20(28)10-6-18/h3-13,23H,14-15H2,1-2H3,(H,29,30). The smallest absolute Gasteiger partial charge is 0.340 e. The molecular weight excluding hydrogens is 440 g/mol. The number of nitrogens with one attached hydrogen (secondary N) is 1. The zero-order chi connectivity index (χ0) is 24.1. The van der Waals surface area contributed by atoms with Crippen molar-refractivity contribution in [3.05, 3.63) is 107 Å². The van der Waals surface area contributed by atoms with Gasteiger partial charge >= 0.3 is 5.97 Å². The number of hydrogen-bond acceptors (Lipinski definition) is 5. The number of aryl methyl sites for hydroxylation is 1. The van der Waals surface area contributed by atoms with Crippen molar-refractivity contribution in [1.82, 2.24) is 15.0 Å². The highest BCUT2D eigenvalue weighted by Crippen LogP contribution is 2.26. The van der Waals surface area contributed by atoms with Gasteiger partial charge in [-0.2, -0.15) is 0 Å². The average Bonchev–Trinajstić information content (AvgIpc) is 3.28. The summed E-state index contributed by atoms with van der Waals surface area (Å²) in [6.07, 6.45) is 1.74. The van der Waals surface area contributed by atoms with Gasteiger partial charge in [0.2, 0.25) is 0 Å². The van der Waals surface area contributed by atoms with Gasteiger partial charge in [-0.05, 0) is 61.0 Å². The molecule has 174 valence electrons. The van der Waals surface area contributed by atoms with Crippen molar-refractivity contribution in [2.45, 2.75) is 19.4 Å². The molecule has 2 heterocycles. The van der Waals surface area contributed by atoms with Crippen LogP contribution in [-0.4, -0.2) is 34.6 Å². The molecule has 2 aromatic heterocycles. The largest absolute Gasteiger partial charge is 0.465 e. The predicted octanol–water partition coefficient (Wildman–Crippen LogP) is 5.19. The van der Waals surface area contributed by atoms with Crippen molar-refractivity contribution in [1.29, 1.82) is 0 Å². The lowest BCUT2D eigenvalue weighted by Crippen LogP contribution is -2.12. The number of aromatic nitrogens is 3. The third kappa shape index (κ3) is 5.35. The maximum Gasteiger partial charge on any atom is 0.340 e. The molecule has 1 unspecified atom stereocenters. The first-order chi connectivity index (χ1) is 16.4. The topological polar surface area (TPSA) is 77.1 Å². The zero-order valence-corrected chi connectivity index (χ0v) is 18.7. The summed E-state index contributed by atoms with van der Waals surface area (Å²) in [4.78, 5) is 24.3. The molecule has 8 heteroatoms. The number of carbonyl (C=O) groups excluding carboxylic acids is 1. The normalized spacial score (nSPS) is 11.9. The number of benzene rings is 2. The number of imidazole rings is 1. The number of rotatable bonds is 8. The van der Waals surface area contributed by atoms with Gasteiger partial charge in [0.25, 0.3) is 0 Å². The number of carbonyl (C=O) groups is 1. The van der Waals surface area contributed by atoms with Crippen LogP contribution in [0, 0.1) is 18.6 Å². The van der Waals surface area contributed by atoms with Gasteiger partial charge in [-0.15, -0.1) is 0 Å². The highest BCUT2D eigenvalue weighted by molar-refractivity contribution is 5.96. The number of pyridine rings is 1. The van der Waals surface area contributed by atoms with Crippen LogP contribution >= 0.6 is 0 Å². The number of esters is 1. The SMILES string of the molecule is COC(=O)c1ccc(COCC(c2ccc(F)cc2)c2cnc(C)[nH]2)nc1-c1ccc(F)cc1. The van der Waals surface area contributed by atoms with Crippen LogP contribution in [0.5, 0.6) is 0 Å². The van der Waals surface area contributed by atoms with E-state index >= 15 is 0 Å². The molecule has 0 aliphatic heterocycles. The van der Waals surface area contributed by atoms with Crippen LogP contribution < -0.4 is 0 Å². The van der Waals surface area contributed by atoms with Gasteiger partial charge in [-0.1, -0.05) is 12.1 Å². The Kier molecular flexibility index (Phi) is 7.08. The maximum absolute atomic E-state index is 13.4. The van der Waals surface area contributed by atoms with E-state index in [4.69, 9.17) is 9.47 Å². The van der Waals surface area contributed by atoms with E-state index in [1.807, 2.05) is 6.92 Å². The van der Waals surface area contributed by atoms with Gasteiger partial charge in [0.15, 0.2) is 0 Å². The molecule has 0 radical (unpaired) electrons. The first-order valence-corrected chi connectivity index (χ1v) is 10.6. The molecule has 4 rings (SSSR count). The molecule has 34 heavy (non-hydrogen) atoms. The van der Waals surface area contributed by atoms with Crippen molar-refractivity contribution in [2.75, 3.05) is 13.7 Å².